The van der Waals surface area contributed by atoms with E-state index in [1.54, 1.807) is 40.0 Å². The number of ether oxygens (including phenoxy) is 2. The molecule has 27 heavy (non-hydrogen) atoms. The lowest BCUT2D eigenvalue weighted by Crippen LogP contribution is -2.61. The lowest BCUT2D eigenvalue weighted by Gasteiger charge is -2.40. The molecule has 1 aliphatic heterocycles. The number of hydrogen-bond donors (Lipinski definition) is 4. The monoisotopic (exact) mass is 458 g/mol. The molecule has 10 heteroatoms. The molecule has 1 aliphatic rings. The van der Waals surface area contributed by atoms with E-state index in [1.807, 2.05) is 6.07 Å². The number of benzene rings is 1. The van der Waals surface area contributed by atoms with Crippen molar-refractivity contribution in [2.45, 2.75) is 31.8 Å². The van der Waals surface area contributed by atoms with Gasteiger partial charge in [0.25, 0.3) is 5.91 Å². The highest BCUT2D eigenvalue weighted by molar-refractivity contribution is 9.10. The summed E-state index contributed by atoms with van der Waals surface area (Å²) in [6.07, 6.45) is -0.573. The van der Waals surface area contributed by atoms with Gasteiger partial charge in [0.15, 0.2) is 5.11 Å². The second kappa shape index (κ2) is 8.41. The highest BCUT2D eigenvalue weighted by Crippen LogP contribution is 2.36. The van der Waals surface area contributed by atoms with Crippen molar-refractivity contribution in [2.24, 2.45) is 0 Å². The van der Waals surface area contributed by atoms with Gasteiger partial charge in [-0.05, 0) is 56.8 Å². The van der Waals surface area contributed by atoms with Crippen molar-refractivity contribution in [1.82, 2.24) is 16.2 Å². The van der Waals surface area contributed by atoms with Crippen molar-refractivity contribution in [3.05, 3.63) is 28.2 Å². The highest BCUT2D eigenvalue weighted by atomic mass is 79.9. The van der Waals surface area contributed by atoms with Gasteiger partial charge in [-0.3, -0.25) is 21.0 Å². The van der Waals surface area contributed by atoms with Crippen LogP contribution in [0.5, 0.6) is 0 Å². The van der Waals surface area contributed by atoms with Crippen molar-refractivity contribution in [1.29, 1.82) is 0 Å². The van der Waals surface area contributed by atoms with Crippen LogP contribution in [-0.4, -0.2) is 43.0 Å². The minimum Gasteiger partial charge on any atom is -0.444 e. The average Bonchev–Trinajstić information content (AvgIpc) is 2.48. The fourth-order valence-electron chi connectivity index (χ4n) is 2.39. The van der Waals surface area contributed by atoms with Crippen LogP contribution >= 0.6 is 28.1 Å². The predicted molar refractivity (Wildman–Crippen MR) is 109 cm³/mol. The first-order chi connectivity index (χ1) is 12.6. The molecule has 0 aliphatic carbocycles. The van der Waals surface area contributed by atoms with Crippen molar-refractivity contribution < 1.29 is 19.1 Å². The molecule has 1 aromatic rings. The highest BCUT2D eigenvalue weighted by Gasteiger charge is 2.48. The Kier molecular flexibility index (Phi) is 6.66. The minimum absolute atomic E-state index is 0.217. The van der Waals surface area contributed by atoms with Crippen LogP contribution in [0.2, 0.25) is 0 Å². The van der Waals surface area contributed by atoms with Gasteiger partial charge in [0, 0.05) is 17.2 Å². The van der Waals surface area contributed by atoms with Gasteiger partial charge in [-0.15, -0.1) is 0 Å². The molecule has 1 heterocycles. The molecule has 4 N–H and O–H groups in total. The molecule has 1 fully saturated rings. The fourth-order valence-corrected chi connectivity index (χ4v) is 2.93. The maximum Gasteiger partial charge on any atom is 0.412 e. The average molecular weight is 459 g/mol. The molecule has 2 amide bonds. The number of carbonyl (C=O) groups excluding carboxylic acids is 2. The molecule has 0 spiro atoms. The smallest absolute Gasteiger partial charge is 0.412 e. The Labute approximate surface area is 171 Å². The second-order valence-corrected chi connectivity index (χ2v) is 8.41. The minimum atomic E-state index is -0.884. The Hall–Kier alpha value is -1.91. The Morgan fingerprint density at radius 3 is 2.41 bits per heavy atom. The third kappa shape index (κ3) is 5.53. The number of amides is 2. The van der Waals surface area contributed by atoms with E-state index in [-0.39, 0.29) is 19.1 Å². The zero-order chi connectivity index (χ0) is 20.2. The molecule has 0 saturated carbocycles. The molecule has 1 saturated heterocycles. The molecular formula is C17H23BrN4O4S. The van der Waals surface area contributed by atoms with Crippen molar-refractivity contribution in [2.75, 3.05) is 25.6 Å². The van der Waals surface area contributed by atoms with Crippen LogP contribution in [0.4, 0.5) is 10.5 Å². The quantitative estimate of drug-likeness (QED) is 0.406. The van der Waals surface area contributed by atoms with Crippen LogP contribution in [0.3, 0.4) is 0 Å². The summed E-state index contributed by atoms with van der Waals surface area (Å²) in [5.41, 5.74) is 4.92. The summed E-state index contributed by atoms with van der Waals surface area (Å²) in [6.45, 7) is 5.79. The number of nitrogens with one attached hydrogen (secondary N) is 4. The van der Waals surface area contributed by atoms with E-state index in [1.165, 1.54) is 0 Å². The number of rotatable bonds is 3. The molecule has 0 unspecified atom stereocenters. The molecule has 1 aromatic carbocycles. The van der Waals surface area contributed by atoms with Crippen molar-refractivity contribution >= 4 is 50.9 Å². The Bertz CT molecular complexity index is 747. The molecule has 0 aromatic heterocycles. The van der Waals surface area contributed by atoms with E-state index in [0.717, 1.165) is 0 Å². The van der Waals surface area contributed by atoms with E-state index in [9.17, 15) is 9.59 Å². The van der Waals surface area contributed by atoms with Crippen LogP contribution in [0.15, 0.2) is 22.7 Å². The Morgan fingerprint density at radius 2 is 1.89 bits per heavy atom. The number of thiocarbonyl (C=S) groups is 1. The first kappa shape index (κ1) is 21.4. The first-order valence-electron chi connectivity index (χ1n) is 8.23. The predicted octanol–water partition coefficient (Wildman–Crippen LogP) is 2.19. The summed E-state index contributed by atoms with van der Waals surface area (Å²) in [4.78, 5) is 24.8. The van der Waals surface area contributed by atoms with Gasteiger partial charge in [-0.1, -0.05) is 15.9 Å². The van der Waals surface area contributed by atoms with E-state index < -0.39 is 17.1 Å². The SMILES string of the molecule is CNC(=S)NNC(=O)C1(c2cc(Br)cc(NC(=O)OC(C)(C)C)c2)COC1. The van der Waals surface area contributed by atoms with E-state index in [4.69, 9.17) is 21.7 Å². The lowest BCUT2D eigenvalue weighted by atomic mass is 9.77. The molecule has 8 nitrogen and oxygen atoms in total. The Morgan fingerprint density at radius 1 is 1.22 bits per heavy atom. The van der Waals surface area contributed by atoms with Crippen LogP contribution in [0.25, 0.3) is 0 Å². The normalized spacial score (nSPS) is 15.1. The van der Waals surface area contributed by atoms with Gasteiger partial charge in [-0.2, -0.15) is 0 Å². The summed E-state index contributed by atoms with van der Waals surface area (Å²) in [5.74, 6) is -0.285. The molecular weight excluding hydrogens is 436 g/mol. The van der Waals surface area contributed by atoms with Gasteiger partial charge in [0.05, 0.1) is 13.2 Å². The number of carbonyl (C=O) groups is 2. The zero-order valence-electron chi connectivity index (χ0n) is 15.6. The van der Waals surface area contributed by atoms with Crippen molar-refractivity contribution in [3.8, 4) is 0 Å². The summed E-state index contributed by atoms with van der Waals surface area (Å²) in [7, 11) is 1.65. The lowest BCUT2D eigenvalue weighted by molar-refractivity contribution is -0.145. The number of anilines is 1. The maximum atomic E-state index is 12.7. The van der Waals surface area contributed by atoms with Crippen molar-refractivity contribution in [3.63, 3.8) is 0 Å². The Balaban J connectivity index is 2.21. The third-order valence-corrected chi connectivity index (χ3v) is 4.51. The molecule has 0 atom stereocenters. The number of hydrazine groups is 1. The summed E-state index contributed by atoms with van der Waals surface area (Å²) < 4.78 is 11.3. The topological polar surface area (TPSA) is 101 Å². The van der Waals surface area contributed by atoms with Gasteiger partial charge < -0.3 is 14.8 Å². The van der Waals surface area contributed by atoms with Crippen LogP contribution < -0.4 is 21.5 Å². The van der Waals surface area contributed by atoms with Gasteiger partial charge >= 0.3 is 6.09 Å². The van der Waals surface area contributed by atoms with E-state index in [2.05, 4.69) is 37.4 Å². The largest absolute Gasteiger partial charge is 0.444 e. The van der Waals surface area contributed by atoms with Gasteiger partial charge in [-0.25, -0.2) is 4.79 Å². The van der Waals surface area contributed by atoms with Crippen LogP contribution in [-0.2, 0) is 19.7 Å². The zero-order valence-corrected chi connectivity index (χ0v) is 18.0. The van der Waals surface area contributed by atoms with Crippen LogP contribution in [0, 0.1) is 0 Å². The third-order valence-electron chi connectivity index (χ3n) is 3.74. The van der Waals surface area contributed by atoms with E-state index in [0.29, 0.717) is 20.8 Å². The standard InChI is InChI=1S/C17H23BrN4O4S/c1-16(2,3)26-15(24)20-12-6-10(5-11(18)7-12)17(8-25-9-17)13(23)21-22-14(27)19-4/h5-7H,8-9H2,1-4H3,(H,20,24)(H,21,23)(H2,19,22,27). The molecule has 0 radical (unpaired) electrons. The molecule has 148 valence electrons. The second-order valence-electron chi connectivity index (χ2n) is 7.09. The fraction of sp³-hybridized carbons (Fsp3) is 0.471. The van der Waals surface area contributed by atoms with Crippen LogP contribution in [0.1, 0.15) is 26.3 Å². The molecule has 2 rings (SSSR count). The first-order valence-corrected chi connectivity index (χ1v) is 9.43. The summed E-state index contributed by atoms with van der Waals surface area (Å²) >= 11 is 8.38. The molecule has 0 bridgehead atoms. The number of halogens is 1. The maximum absolute atomic E-state index is 12.7. The summed E-state index contributed by atoms with van der Waals surface area (Å²) in [6, 6.07) is 5.28. The number of hydrogen-bond acceptors (Lipinski definition) is 5. The van der Waals surface area contributed by atoms with E-state index >= 15 is 0 Å². The van der Waals surface area contributed by atoms with Gasteiger partial charge in [0.1, 0.15) is 11.0 Å². The summed E-state index contributed by atoms with van der Waals surface area (Å²) in [5, 5.41) is 5.69. The van der Waals surface area contributed by atoms with Gasteiger partial charge in [0.2, 0.25) is 0 Å².